The third kappa shape index (κ3) is 4.52. The van der Waals surface area contributed by atoms with Gasteiger partial charge in [0.15, 0.2) is 0 Å². The highest BCUT2D eigenvalue weighted by Gasteiger charge is 2.47. The predicted octanol–water partition coefficient (Wildman–Crippen LogP) is 3.22. The van der Waals surface area contributed by atoms with E-state index in [1.807, 2.05) is 6.92 Å². The number of nitrogens with zero attached hydrogens (tertiary/aromatic N) is 4. The summed E-state index contributed by atoms with van der Waals surface area (Å²) in [4.78, 5) is 53.7. The van der Waals surface area contributed by atoms with Gasteiger partial charge < -0.3 is 15.1 Å². The number of hydrogen-bond acceptors (Lipinski definition) is 5. The molecule has 40 heavy (non-hydrogen) atoms. The Labute approximate surface area is 228 Å². The van der Waals surface area contributed by atoms with E-state index >= 15 is 0 Å². The minimum absolute atomic E-state index is 0.0294. The molecule has 4 amide bonds. The van der Waals surface area contributed by atoms with Crippen LogP contribution < -0.4 is 21.2 Å². The van der Waals surface area contributed by atoms with Crippen molar-refractivity contribution in [3.05, 3.63) is 70.3 Å². The Morgan fingerprint density at radius 1 is 1.20 bits per heavy atom. The monoisotopic (exact) mass is 552 g/mol. The fraction of sp³-hybridized carbons (Fsp3) is 0.357. The molecule has 0 aliphatic carbocycles. The molecule has 0 saturated carbocycles. The van der Waals surface area contributed by atoms with Gasteiger partial charge in [-0.05, 0) is 49.2 Å². The summed E-state index contributed by atoms with van der Waals surface area (Å²) in [5, 5.41) is 5.13. The molecule has 2 N–H and O–H groups in total. The van der Waals surface area contributed by atoms with Crippen molar-refractivity contribution in [1.29, 1.82) is 0 Å². The number of benzene rings is 2. The van der Waals surface area contributed by atoms with Gasteiger partial charge in [0.05, 0.1) is 29.8 Å². The highest BCUT2D eigenvalue weighted by molar-refractivity contribution is 6.06. The Bertz CT molecular complexity index is 1650. The number of rotatable bonds is 7. The van der Waals surface area contributed by atoms with Crippen LogP contribution in [0.25, 0.3) is 11.0 Å². The molecule has 2 aliphatic rings. The van der Waals surface area contributed by atoms with Crippen LogP contribution in [0.2, 0.25) is 0 Å². The number of anilines is 2. The zero-order valence-corrected chi connectivity index (χ0v) is 22.7. The first-order valence-electron chi connectivity index (χ1n) is 12.7. The molecule has 12 heteroatoms. The van der Waals surface area contributed by atoms with Crippen LogP contribution in [0.15, 0.2) is 53.5 Å². The van der Waals surface area contributed by atoms with Crippen LogP contribution in [0.5, 0.6) is 0 Å². The number of carbonyl (C=O) groups excluding carboxylic acids is 3. The third-order valence-electron chi connectivity index (χ3n) is 7.69. The fourth-order valence-corrected chi connectivity index (χ4v) is 5.33. The van der Waals surface area contributed by atoms with Crippen molar-refractivity contribution in [2.24, 2.45) is 0 Å². The van der Waals surface area contributed by atoms with Crippen molar-refractivity contribution in [2.45, 2.75) is 51.7 Å². The number of aryl methyl sites for hydroxylation is 1. The minimum atomic E-state index is -2.98. The van der Waals surface area contributed by atoms with E-state index in [9.17, 15) is 28.0 Å². The molecule has 3 aromatic rings. The van der Waals surface area contributed by atoms with Gasteiger partial charge in [-0.25, -0.2) is 18.4 Å². The largest absolute Gasteiger partial charge is 0.336 e. The second-order valence-electron chi connectivity index (χ2n) is 10.8. The van der Waals surface area contributed by atoms with Gasteiger partial charge in [-0.1, -0.05) is 18.7 Å². The number of imidazole rings is 1. The van der Waals surface area contributed by atoms with Crippen molar-refractivity contribution < 1.29 is 23.2 Å². The van der Waals surface area contributed by atoms with Crippen molar-refractivity contribution in [3.8, 4) is 0 Å². The van der Waals surface area contributed by atoms with E-state index in [4.69, 9.17) is 0 Å². The van der Waals surface area contributed by atoms with E-state index in [0.717, 1.165) is 18.1 Å². The maximum atomic E-state index is 13.9. The lowest BCUT2D eigenvalue weighted by Crippen LogP contribution is -2.46. The first kappa shape index (κ1) is 27.1. The van der Waals surface area contributed by atoms with Crippen molar-refractivity contribution in [2.75, 3.05) is 23.8 Å². The number of nitrogens with one attached hydrogen (secondary N) is 2. The maximum Gasteiger partial charge on any atom is 0.330 e. The zero-order chi connectivity index (χ0) is 29.1. The van der Waals surface area contributed by atoms with Gasteiger partial charge >= 0.3 is 11.7 Å². The summed E-state index contributed by atoms with van der Waals surface area (Å²) in [6.45, 7) is 7.43. The standard InChI is InChI=1S/C28H30F2N6O4/c1-16-9-10-19(11-18(16)12-27(3)24(38)32-25(39)33(27)5)31-22(37)14-34-20-7-6-8-21-23(20)35(26(34)40)13-17(2)36(21)15-28(4,29)30/h6-11H,2,12-15H2,1,3-5H3,(H,31,37)(H,32,38,39). The molecule has 1 atom stereocenters. The molecule has 1 aromatic heterocycles. The van der Waals surface area contributed by atoms with Gasteiger partial charge in [-0.3, -0.25) is 24.0 Å². The summed E-state index contributed by atoms with van der Waals surface area (Å²) in [5.41, 5.74) is 2.30. The van der Waals surface area contributed by atoms with E-state index in [1.54, 1.807) is 50.4 Å². The maximum absolute atomic E-state index is 13.9. The van der Waals surface area contributed by atoms with Crippen LogP contribution >= 0.6 is 0 Å². The van der Waals surface area contributed by atoms with Gasteiger partial charge in [-0.15, -0.1) is 0 Å². The first-order chi connectivity index (χ1) is 18.7. The van der Waals surface area contributed by atoms with Crippen molar-refractivity contribution in [1.82, 2.24) is 19.4 Å². The molecular weight excluding hydrogens is 522 g/mol. The highest BCUT2D eigenvalue weighted by atomic mass is 19.3. The number of carbonyl (C=O) groups is 3. The Morgan fingerprint density at radius 2 is 1.93 bits per heavy atom. The van der Waals surface area contributed by atoms with Crippen LogP contribution in [0.4, 0.5) is 25.0 Å². The van der Waals surface area contributed by atoms with E-state index in [-0.39, 0.29) is 19.5 Å². The first-order valence-corrected chi connectivity index (χ1v) is 12.7. The van der Waals surface area contributed by atoms with E-state index < -0.39 is 41.5 Å². The number of imide groups is 1. The zero-order valence-electron chi connectivity index (χ0n) is 22.7. The molecule has 0 spiro atoms. The Kier molecular flexibility index (Phi) is 6.31. The summed E-state index contributed by atoms with van der Waals surface area (Å²) in [6, 6.07) is 9.78. The number of halogens is 2. The molecule has 0 bridgehead atoms. The van der Waals surface area contributed by atoms with Crippen LogP contribution in [0, 0.1) is 6.92 Å². The molecule has 1 fully saturated rings. The number of aromatic nitrogens is 2. The molecular formula is C28H30F2N6O4. The second-order valence-corrected chi connectivity index (χ2v) is 10.8. The van der Waals surface area contributed by atoms with Gasteiger partial charge in [0.25, 0.3) is 11.8 Å². The van der Waals surface area contributed by atoms with Crippen molar-refractivity contribution in [3.63, 3.8) is 0 Å². The molecule has 3 heterocycles. The summed E-state index contributed by atoms with van der Waals surface area (Å²) >= 11 is 0. The van der Waals surface area contributed by atoms with Gasteiger partial charge in [0.1, 0.15) is 12.1 Å². The molecule has 2 aliphatic heterocycles. The van der Waals surface area contributed by atoms with Gasteiger partial charge in [0.2, 0.25) is 5.91 Å². The summed E-state index contributed by atoms with van der Waals surface area (Å²) in [5.74, 6) is -3.84. The number of amides is 4. The predicted molar refractivity (Wildman–Crippen MR) is 147 cm³/mol. The number of likely N-dealkylation sites (N-methyl/N-ethyl adjacent to an activating group) is 1. The van der Waals surface area contributed by atoms with Gasteiger partial charge in [0, 0.05) is 31.8 Å². The molecule has 0 radical (unpaired) electrons. The van der Waals surface area contributed by atoms with E-state index in [0.29, 0.717) is 28.1 Å². The summed E-state index contributed by atoms with van der Waals surface area (Å²) in [7, 11) is 1.56. The summed E-state index contributed by atoms with van der Waals surface area (Å²) < 4.78 is 30.6. The third-order valence-corrected chi connectivity index (χ3v) is 7.69. The van der Waals surface area contributed by atoms with E-state index in [1.165, 1.54) is 18.9 Å². The number of alkyl halides is 2. The van der Waals surface area contributed by atoms with Crippen LogP contribution in [0.1, 0.15) is 25.0 Å². The Hall–Kier alpha value is -4.48. The van der Waals surface area contributed by atoms with Crippen molar-refractivity contribution >= 4 is 40.3 Å². The molecule has 210 valence electrons. The quantitative estimate of drug-likeness (QED) is 0.438. The number of allylic oxidation sites excluding steroid dienone is 1. The minimum Gasteiger partial charge on any atom is -0.336 e. The lowest BCUT2D eigenvalue weighted by molar-refractivity contribution is -0.125. The average Bonchev–Trinajstić information content (AvgIpc) is 3.23. The lowest BCUT2D eigenvalue weighted by atomic mass is 9.89. The molecule has 10 nitrogen and oxygen atoms in total. The number of hydrogen-bond donors (Lipinski definition) is 2. The SMILES string of the molecule is C=C1Cn2c(=O)n(CC(=O)Nc3ccc(C)c(CC4(C)C(=O)NC(=O)N4C)c3)c3cccc(c32)N1CC(C)(F)F. The normalized spacial score (nSPS) is 19.0. The fourth-order valence-electron chi connectivity index (χ4n) is 5.33. The number of para-hydroxylation sites is 1. The molecule has 5 rings (SSSR count). The molecule has 1 unspecified atom stereocenters. The smallest absolute Gasteiger partial charge is 0.330 e. The second kappa shape index (κ2) is 9.32. The van der Waals surface area contributed by atoms with E-state index in [2.05, 4.69) is 17.2 Å². The number of urea groups is 1. The van der Waals surface area contributed by atoms with Crippen LogP contribution in [-0.4, -0.2) is 56.9 Å². The average molecular weight is 553 g/mol. The van der Waals surface area contributed by atoms with Crippen LogP contribution in [-0.2, 0) is 29.1 Å². The van der Waals surface area contributed by atoms with Crippen LogP contribution in [0.3, 0.4) is 0 Å². The molecule has 2 aromatic carbocycles. The van der Waals surface area contributed by atoms with Gasteiger partial charge in [-0.2, -0.15) is 0 Å². The Morgan fingerprint density at radius 3 is 2.58 bits per heavy atom. The molecule has 1 saturated heterocycles. The summed E-state index contributed by atoms with van der Waals surface area (Å²) in [6.07, 6.45) is 0.240. The topological polar surface area (TPSA) is 109 Å². The highest BCUT2D eigenvalue weighted by Crippen LogP contribution is 2.35. The lowest BCUT2D eigenvalue weighted by Gasteiger charge is -2.33. The Balaban J connectivity index is 1.41.